The molecule has 0 saturated carbocycles. The largest absolute Gasteiger partial charge is 0.433 e. The zero-order chi connectivity index (χ0) is 12.2. The number of hydrogen-bond donors (Lipinski definition) is 1. The normalized spacial score (nSPS) is 13.6. The zero-order valence-electron chi connectivity index (χ0n) is 8.51. The Labute approximate surface area is 99.9 Å². The third-order valence-electron chi connectivity index (χ3n) is 1.77. The van der Waals surface area contributed by atoms with Crippen LogP contribution >= 0.6 is 15.9 Å². The summed E-state index contributed by atoms with van der Waals surface area (Å²) >= 11 is 3.20. The van der Waals surface area contributed by atoms with Crippen LogP contribution in [0.1, 0.15) is 6.92 Å². The van der Waals surface area contributed by atoms with Crippen molar-refractivity contribution >= 4 is 21.6 Å². The second kappa shape index (κ2) is 5.54. The van der Waals surface area contributed by atoms with Gasteiger partial charge in [-0.2, -0.15) is 13.2 Å². The Morgan fingerprint density at radius 3 is 2.31 bits per heavy atom. The minimum atomic E-state index is -4.43. The molecule has 6 heteroatoms. The van der Waals surface area contributed by atoms with E-state index in [2.05, 4.69) is 26.0 Å². The van der Waals surface area contributed by atoms with E-state index in [9.17, 15) is 13.2 Å². The van der Waals surface area contributed by atoms with Crippen LogP contribution in [0.2, 0.25) is 0 Å². The summed E-state index contributed by atoms with van der Waals surface area (Å²) < 4.78 is 42.8. The van der Waals surface area contributed by atoms with Gasteiger partial charge in [0.1, 0.15) is 0 Å². The minimum Gasteiger partial charge on any atom is -0.353 e. The summed E-state index contributed by atoms with van der Waals surface area (Å²) in [6, 6.07) is 6.40. The molecule has 0 aliphatic heterocycles. The van der Waals surface area contributed by atoms with Crippen LogP contribution in [0.15, 0.2) is 28.7 Å². The fraction of sp³-hybridized carbons (Fsp3) is 0.400. The van der Waals surface area contributed by atoms with Crippen LogP contribution in [0.5, 0.6) is 0 Å². The lowest BCUT2D eigenvalue weighted by Crippen LogP contribution is -2.38. The Morgan fingerprint density at radius 2 is 1.88 bits per heavy atom. The van der Waals surface area contributed by atoms with Crippen LogP contribution in [0, 0.1) is 0 Å². The molecule has 90 valence electrons. The number of ether oxygens (including phenoxy) is 1. The molecule has 0 fully saturated rings. The fourth-order valence-corrected chi connectivity index (χ4v) is 1.35. The van der Waals surface area contributed by atoms with Gasteiger partial charge in [-0.1, -0.05) is 15.9 Å². The van der Waals surface area contributed by atoms with Crippen molar-refractivity contribution in [2.45, 2.75) is 19.3 Å². The third kappa shape index (κ3) is 4.02. The molecule has 0 heterocycles. The molecule has 1 rings (SSSR count). The second-order valence-corrected chi connectivity index (χ2v) is 3.94. The first-order chi connectivity index (χ1) is 7.43. The van der Waals surface area contributed by atoms with E-state index in [-0.39, 0.29) is 6.61 Å². The maximum absolute atomic E-state index is 12.5. The van der Waals surface area contributed by atoms with Gasteiger partial charge in [0.15, 0.2) is 0 Å². The van der Waals surface area contributed by atoms with E-state index in [4.69, 9.17) is 0 Å². The van der Waals surface area contributed by atoms with E-state index in [1.165, 1.54) is 6.92 Å². The molecular weight excluding hydrogens is 287 g/mol. The van der Waals surface area contributed by atoms with Crippen LogP contribution in [-0.2, 0) is 4.74 Å². The quantitative estimate of drug-likeness (QED) is 0.854. The molecule has 2 nitrogen and oxygen atoms in total. The summed E-state index contributed by atoms with van der Waals surface area (Å²) in [5.74, 6) is 0. The third-order valence-corrected chi connectivity index (χ3v) is 2.30. The molecule has 1 atom stereocenters. The SMILES string of the molecule is CCOC(Nc1ccc(Br)cc1)C(F)(F)F. The zero-order valence-corrected chi connectivity index (χ0v) is 10.1. The van der Waals surface area contributed by atoms with Gasteiger partial charge in [0.25, 0.3) is 0 Å². The van der Waals surface area contributed by atoms with Gasteiger partial charge in [-0.15, -0.1) is 0 Å². The van der Waals surface area contributed by atoms with E-state index in [0.717, 1.165) is 4.47 Å². The summed E-state index contributed by atoms with van der Waals surface area (Å²) in [5, 5.41) is 2.28. The Hall–Kier alpha value is -0.750. The Bertz CT molecular complexity index is 326. The lowest BCUT2D eigenvalue weighted by atomic mass is 10.3. The molecule has 0 saturated heterocycles. The van der Waals surface area contributed by atoms with Crippen LogP contribution in [0.3, 0.4) is 0 Å². The first kappa shape index (κ1) is 13.3. The number of benzene rings is 1. The monoisotopic (exact) mass is 297 g/mol. The van der Waals surface area contributed by atoms with Crippen molar-refractivity contribution in [3.8, 4) is 0 Å². The summed E-state index contributed by atoms with van der Waals surface area (Å²) in [6.45, 7) is 1.51. The van der Waals surface area contributed by atoms with Crippen molar-refractivity contribution < 1.29 is 17.9 Å². The Kier molecular flexibility index (Phi) is 4.61. The molecule has 1 aromatic carbocycles. The highest BCUT2D eigenvalue weighted by Gasteiger charge is 2.40. The van der Waals surface area contributed by atoms with Gasteiger partial charge in [0.2, 0.25) is 6.23 Å². The van der Waals surface area contributed by atoms with E-state index in [0.29, 0.717) is 5.69 Å². The topological polar surface area (TPSA) is 21.3 Å². The van der Waals surface area contributed by atoms with Crippen LogP contribution < -0.4 is 5.32 Å². The number of nitrogens with one attached hydrogen (secondary N) is 1. The summed E-state index contributed by atoms with van der Waals surface area (Å²) in [6.07, 6.45) is -6.40. The average molecular weight is 298 g/mol. The Morgan fingerprint density at radius 1 is 1.31 bits per heavy atom. The number of alkyl halides is 3. The molecule has 0 aliphatic rings. The van der Waals surface area contributed by atoms with Gasteiger partial charge in [0, 0.05) is 16.8 Å². The number of halogens is 4. The molecule has 0 bridgehead atoms. The molecule has 1 aromatic rings. The molecule has 16 heavy (non-hydrogen) atoms. The first-order valence-electron chi connectivity index (χ1n) is 4.64. The molecule has 1 N–H and O–H groups in total. The van der Waals surface area contributed by atoms with E-state index in [1.807, 2.05) is 0 Å². The molecule has 1 unspecified atom stereocenters. The van der Waals surface area contributed by atoms with Gasteiger partial charge in [0.05, 0.1) is 0 Å². The van der Waals surface area contributed by atoms with E-state index >= 15 is 0 Å². The molecule has 0 radical (unpaired) electrons. The maximum atomic E-state index is 12.5. The summed E-state index contributed by atoms with van der Waals surface area (Å²) in [7, 11) is 0. The molecular formula is C10H11BrF3NO. The smallest absolute Gasteiger partial charge is 0.353 e. The van der Waals surface area contributed by atoms with Crippen molar-refractivity contribution in [2.24, 2.45) is 0 Å². The number of anilines is 1. The van der Waals surface area contributed by atoms with Crippen molar-refractivity contribution in [1.29, 1.82) is 0 Å². The van der Waals surface area contributed by atoms with Gasteiger partial charge in [-0.3, -0.25) is 0 Å². The van der Waals surface area contributed by atoms with Gasteiger partial charge in [-0.25, -0.2) is 0 Å². The van der Waals surface area contributed by atoms with Crippen molar-refractivity contribution in [3.05, 3.63) is 28.7 Å². The lowest BCUT2D eigenvalue weighted by molar-refractivity contribution is -0.209. The van der Waals surface area contributed by atoms with Crippen molar-refractivity contribution in [3.63, 3.8) is 0 Å². The second-order valence-electron chi connectivity index (χ2n) is 3.03. The molecule has 0 amide bonds. The van der Waals surface area contributed by atoms with Crippen molar-refractivity contribution in [2.75, 3.05) is 11.9 Å². The number of rotatable bonds is 4. The van der Waals surface area contributed by atoms with Gasteiger partial charge >= 0.3 is 6.18 Å². The highest BCUT2D eigenvalue weighted by atomic mass is 79.9. The van der Waals surface area contributed by atoms with Crippen LogP contribution in [0.4, 0.5) is 18.9 Å². The number of hydrogen-bond acceptors (Lipinski definition) is 2. The predicted octanol–water partition coefficient (Wildman–Crippen LogP) is 3.79. The summed E-state index contributed by atoms with van der Waals surface area (Å²) in [5.41, 5.74) is 0.360. The van der Waals surface area contributed by atoms with Gasteiger partial charge in [-0.05, 0) is 31.2 Å². The van der Waals surface area contributed by atoms with Crippen molar-refractivity contribution in [1.82, 2.24) is 0 Å². The molecule has 0 spiro atoms. The maximum Gasteiger partial charge on any atom is 0.433 e. The standard InChI is InChI=1S/C10H11BrF3NO/c1-2-16-9(10(12,13)14)15-8-5-3-7(11)4-6-8/h3-6,9,15H,2H2,1H3. The first-order valence-corrected chi connectivity index (χ1v) is 5.43. The highest BCUT2D eigenvalue weighted by molar-refractivity contribution is 9.10. The Balaban J connectivity index is 2.72. The van der Waals surface area contributed by atoms with Crippen LogP contribution in [-0.4, -0.2) is 19.0 Å². The predicted molar refractivity (Wildman–Crippen MR) is 59.2 cm³/mol. The van der Waals surface area contributed by atoms with Gasteiger partial charge < -0.3 is 10.1 Å². The highest BCUT2D eigenvalue weighted by Crippen LogP contribution is 2.25. The average Bonchev–Trinajstić information content (AvgIpc) is 2.19. The van der Waals surface area contributed by atoms with Crippen LogP contribution in [0.25, 0.3) is 0 Å². The summed E-state index contributed by atoms with van der Waals surface area (Å²) in [4.78, 5) is 0. The molecule has 0 aromatic heterocycles. The fourth-order valence-electron chi connectivity index (χ4n) is 1.08. The van der Waals surface area contributed by atoms with E-state index in [1.54, 1.807) is 24.3 Å². The lowest BCUT2D eigenvalue weighted by Gasteiger charge is -2.22. The minimum absolute atomic E-state index is 0.00625. The van der Waals surface area contributed by atoms with E-state index < -0.39 is 12.4 Å². The molecule has 0 aliphatic carbocycles.